The minimum Gasteiger partial charge on any atom is -0.511 e. The molecule has 3 aliphatic rings. The number of ether oxygens (including phenoxy) is 1. The SMILES string of the molecule is C=C1CC(CC2=CCC(OC)C=C2)C=C/C1=C(\O)C1(C)CCCCC1. The van der Waals surface area contributed by atoms with E-state index in [0.29, 0.717) is 11.7 Å². The van der Waals surface area contributed by atoms with Gasteiger partial charge in [-0.15, -0.1) is 0 Å². The molecule has 0 bridgehead atoms. The van der Waals surface area contributed by atoms with E-state index in [1.165, 1.54) is 24.8 Å². The van der Waals surface area contributed by atoms with Gasteiger partial charge in [-0.3, -0.25) is 0 Å². The third-order valence-corrected chi connectivity index (χ3v) is 6.15. The van der Waals surface area contributed by atoms with Crippen LogP contribution in [0.15, 0.2) is 59.4 Å². The van der Waals surface area contributed by atoms with Crippen molar-refractivity contribution in [2.24, 2.45) is 11.3 Å². The summed E-state index contributed by atoms with van der Waals surface area (Å²) in [6.07, 6.45) is 20.1. The zero-order valence-corrected chi connectivity index (χ0v) is 15.8. The van der Waals surface area contributed by atoms with Crippen LogP contribution in [0.2, 0.25) is 0 Å². The second-order valence-corrected chi connectivity index (χ2v) is 8.16. The summed E-state index contributed by atoms with van der Waals surface area (Å²) in [5, 5.41) is 10.9. The van der Waals surface area contributed by atoms with E-state index in [-0.39, 0.29) is 11.5 Å². The molecule has 2 nitrogen and oxygen atoms in total. The summed E-state index contributed by atoms with van der Waals surface area (Å²) in [7, 11) is 1.76. The maximum absolute atomic E-state index is 10.9. The van der Waals surface area contributed by atoms with Crippen LogP contribution < -0.4 is 0 Å². The summed E-state index contributed by atoms with van der Waals surface area (Å²) in [4.78, 5) is 0. The summed E-state index contributed by atoms with van der Waals surface area (Å²) in [6.45, 7) is 6.50. The van der Waals surface area contributed by atoms with Gasteiger partial charge >= 0.3 is 0 Å². The Morgan fingerprint density at radius 2 is 2.00 bits per heavy atom. The smallest absolute Gasteiger partial charge is 0.106 e. The number of methoxy groups -OCH3 is 1. The van der Waals surface area contributed by atoms with Gasteiger partial charge in [0.15, 0.2) is 0 Å². The second kappa shape index (κ2) is 7.78. The van der Waals surface area contributed by atoms with Crippen LogP contribution in [-0.2, 0) is 4.74 Å². The van der Waals surface area contributed by atoms with Gasteiger partial charge in [0.25, 0.3) is 0 Å². The normalized spacial score (nSPS) is 31.0. The van der Waals surface area contributed by atoms with Crippen LogP contribution in [0.25, 0.3) is 0 Å². The van der Waals surface area contributed by atoms with Gasteiger partial charge in [-0.2, -0.15) is 0 Å². The average molecular weight is 341 g/mol. The lowest BCUT2D eigenvalue weighted by molar-refractivity contribution is 0.142. The Kier molecular flexibility index (Phi) is 5.68. The van der Waals surface area contributed by atoms with Gasteiger partial charge < -0.3 is 9.84 Å². The van der Waals surface area contributed by atoms with E-state index in [4.69, 9.17) is 4.74 Å². The first kappa shape index (κ1) is 18.3. The van der Waals surface area contributed by atoms with Crippen LogP contribution in [0, 0.1) is 11.3 Å². The van der Waals surface area contributed by atoms with Crippen LogP contribution in [0.1, 0.15) is 58.3 Å². The van der Waals surface area contributed by atoms with E-state index in [2.05, 4.69) is 43.9 Å². The zero-order valence-electron chi connectivity index (χ0n) is 15.8. The van der Waals surface area contributed by atoms with Gasteiger partial charge in [0.2, 0.25) is 0 Å². The van der Waals surface area contributed by atoms with Crippen LogP contribution >= 0.6 is 0 Å². The lowest BCUT2D eigenvalue weighted by Crippen LogP contribution is -2.24. The van der Waals surface area contributed by atoms with Crippen LogP contribution in [0.4, 0.5) is 0 Å². The van der Waals surface area contributed by atoms with Gasteiger partial charge in [-0.25, -0.2) is 0 Å². The van der Waals surface area contributed by atoms with Crippen LogP contribution in [0.3, 0.4) is 0 Å². The molecule has 0 radical (unpaired) electrons. The molecule has 0 saturated heterocycles. The first-order valence-electron chi connectivity index (χ1n) is 9.72. The van der Waals surface area contributed by atoms with Crippen LogP contribution in [-0.4, -0.2) is 18.3 Å². The summed E-state index contributed by atoms with van der Waals surface area (Å²) < 4.78 is 5.36. The Bertz CT molecular complexity index is 626. The largest absolute Gasteiger partial charge is 0.511 e. The molecule has 0 aromatic rings. The van der Waals surface area contributed by atoms with Gasteiger partial charge in [0.1, 0.15) is 5.76 Å². The van der Waals surface area contributed by atoms with Crippen molar-refractivity contribution < 1.29 is 9.84 Å². The number of allylic oxidation sites excluding steroid dienone is 7. The van der Waals surface area contributed by atoms with E-state index in [1.54, 1.807) is 7.11 Å². The molecule has 2 heteroatoms. The van der Waals surface area contributed by atoms with E-state index >= 15 is 0 Å². The topological polar surface area (TPSA) is 29.5 Å². The second-order valence-electron chi connectivity index (χ2n) is 8.16. The first-order chi connectivity index (χ1) is 12.0. The predicted molar refractivity (Wildman–Crippen MR) is 104 cm³/mol. The zero-order chi connectivity index (χ0) is 17.9. The van der Waals surface area contributed by atoms with Gasteiger partial charge in [0, 0.05) is 18.1 Å². The minimum absolute atomic E-state index is 0.0580. The van der Waals surface area contributed by atoms with Crippen molar-refractivity contribution in [3.63, 3.8) is 0 Å². The Morgan fingerprint density at radius 1 is 1.24 bits per heavy atom. The molecular weight excluding hydrogens is 308 g/mol. The monoisotopic (exact) mass is 340 g/mol. The van der Waals surface area contributed by atoms with Crippen molar-refractivity contribution in [1.29, 1.82) is 0 Å². The fraction of sp³-hybridized carbons (Fsp3) is 0.565. The average Bonchev–Trinajstić information content (AvgIpc) is 2.63. The van der Waals surface area contributed by atoms with Crippen molar-refractivity contribution in [1.82, 2.24) is 0 Å². The molecular formula is C23H32O2. The van der Waals surface area contributed by atoms with E-state index < -0.39 is 0 Å². The molecule has 2 unspecified atom stereocenters. The number of rotatable bonds is 4. The highest BCUT2D eigenvalue weighted by Gasteiger charge is 2.34. The number of hydrogen-bond acceptors (Lipinski definition) is 2. The molecule has 3 rings (SSSR count). The van der Waals surface area contributed by atoms with Crippen LogP contribution in [0.5, 0.6) is 0 Å². The maximum Gasteiger partial charge on any atom is 0.106 e. The van der Waals surface area contributed by atoms with Gasteiger partial charge in [-0.05, 0) is 43.6 Å². The van der Waals surface area contributed by atoms with Gasteiger partial charge in [0.05, 0.1) is 6.10 Å². The molecule has 1 N–H and O–H groups in total. The molecule has 0 heterocycles. The number of aliphatic hydroxyl groups is 1. The Hall–Kier alpha value is -1.54. The number of hydrogen-bond donors (Lipinski definition) is 1. The third kappa shape index (κ3) is 4.17. The molecule has 136 valence electrons. The predicted octanol–water partition coefficient (Wildman–Crippen LogP) is 6.19. The lowest BCUT2D eigenvalue weighted by atomic mass is 9.71. The van der Waals surface area contributed by atoms with E-state index in [1.807, 2.05) is 0 Å². The summed E-state index contributed by atoms with van der Waals surface area (Å²) in [6, 6.07) is 0. The molecule has 0 aromatic heterocycles. The summed E-state index contributed by atoms with van der Waals surface area (Å²) in [5.41, 5.74) is 3.41. The standard InChI is InChI=1S/C23H32O2/c1-17-15-19(16-18-7-10-20(25-3)11-8-18)9-12-21(17)22(24)23(2)13-5-4-6-14-23/h7-10,12,19-20,24H,1,4-6,11,13-16H2,2-3H3/b22-21+. The highest BCUT2D eigenvalue weighted by atomic mass is 16.5. The van der Waals surface area contributed by atoms with Crippen molar-refractivity contribution in [3.8, 4) is 0 Å². The molecule has 0 amide bonds. The Labute approximate surface area is 152 Å². The quantitative estimate of drug-likeness (QED) is 0.618. The third-order valence-electron chi connectivity index (χ3n) is 6.15. The first-order valence-corrected chi connectivity index (χ1v) is 9.72. The molecule has 0 spiro atoms. The van der Waals surface area contributed by atoms with E-state index in [9.17, 15) is 5.11 Å². The Morgan fingerprint density at radius 3 is 2.60 bits per heavy atom. The van der Waals surface area contributed by atoms with Crippen molar-refractivity contribution in [2.75, 3.05) is 7.11 Å². The molecule has 1 fully saturated rings. The highest BCUT2D eigenvalue weighted by molar-refractivity contribution is 5.45. The van der Waals surface area contributed by atoms with Gasteiger partial charge in [-0.1, -0.05) is 68.7 Å². The fourth-order valence-electron chi connectivity index (χ4n) is 4.40. The van der Waals surface area contributed by atoms with Crippen molar-refractivity contribution >= 4 is 0 Å². The summed E-state index contributed by atoms with van der Waals surface area (Å²) in [5.74, 6) is 1.05. The van der Waals surface area contributed by atoms with Crippen molar-refractivity contribution in [2.45, 2.75) is 64.4 Å². The minimum atomic E-state index is -0.0580. The number of aliphatic hydroxyl groups excluding tert-OH is 1. The fourth-order valence-corrected chi connectivity index (χ4v) is 4.40. The molecule has 2 atom stereocenters. The van der Waals surface area contributed by atoms with E-state index in [0.717, 1.165) is 43.3 Å². The molecule has 3 aliphatic carbocycles. The lowest BCUT2D eigenvalue weighted by Gasteiger charge is -2.35. The Balaban J connectivity index is 1.68. The maximum atomic E-state index is 10.9. The molecule has 1 saturated carbocycles. The van der Waals surface area contributed by atoms with Crippen molar-refractivity contribution in [3.05, 3.63) is 59.4 Å². The summed E-state index contributed by atoms with van der Waals surface area (Å²) >= 11 is 0. The highest BCUT2D eigenvalue weighted by Crippen LogP contribution is 2.44. The molecule has 0 aromatic carbocycles. The molecule has 25 heavy (non-hydrogen) atoms. The molecule has 0 aliphatic heterocycles.